The topological polar surface area (TPSA) is 78.2 Å². The predicted molar refractivity (Wildman–Crippen MR) is 111 cm³/mol. The molecule has 8 nitrogen and oxygen atoms in total. The molecule has 1 aliphatic rings. The van der Waals surface area contributed by atoms with E-state index in [2.05, 4.69) is 26.9 Å². The minimum absolute atomic E-state index is 0.0379. The minimum Gasteiger partial charge on any atom is -0.491 e. The van der Waals surface area contributed by atoms with Crippen molar-refractivity contribution in [2.24, 2.45) is 11.8 Å². The number of ether oxygens (including phenoxy) is 2. The standard InChI is InChI=1S/C21H25F3N6O2/c1-14-8-15(13-32-17-4-3-5-25-19(17)21(22,23)24)12-29(11-14)18-10-26-16-9-27-30(6-7-31-2)20(16)28-18/h3-5,9-10,14-15H,6-8,11-13H2,1-2H3. The first-order valence-corrected chi connectivity index (χ1v) is 10.4. The normalized spacial score (nSPS) is 19.5. The first-order valence-electron chi connectivity index (χ1n) is 10.4. The molecule has 0 radical (unpaired) electrons. The molecule has 3 aromatic rings. The highest BCUT2D eigenvalue weighted by atomic mass is 19.4. The Balaban J connectivity index is 1.48. The van der Waals surface area contributed by atoms with Crippen molar-refractivity contribution in [1.29, 1.82) is 0 Å². The van der Waals surface area contributed by atoms with E-state index in [1.165, 1.54) is 12.1 Å². The number of aromatic nitrogens is 5. The third-order valence-corrected chi connectivity index (χ3v) is 5.42. The maximum atomic E-state index is 13.2. The molecule has 2 unspecified atom stereocenters. The van der Waals surface area contributed by atoms with Crippen LogP contribution in [0.15, 0.2) is 30.7 Å². The summed E-state index contributed by atoms with van der Waals surface area (Å²) in [6, 6.07) is 2.75. The van der Waals surface area contributed by atoms with E-state index in [1.807, 2.05) is 0 Å². The van der Waals surface area contributed by atoms with Gasteiger partial charge in [0.05, 0.1) is 32.2 Å². The van der Waals surface area contributed by atoms with Crippen LogP contribution in [0.4, 0.5) is 19.0 Å². The molecule has 0 aromatic carbocycles. The minimum atomic E-state index is -4.56. The van der Waals surface area contributed by atoms with Gasteiger partial charge in [-0.1, -0.05) is 6.92 Å². The van der Waals surface area contributed by atoms with E-state index >= 15 is 0 Å². The van der Waals surface area contributed by atoms with Crippen molar-refractivity contribution in [3.05, 3.63) is 36.4 Å². The predicted octanol–water partition coefficient (Wildman–Crippen LogP) is 3.43. The molecule has 2 atom stereocenters. The largest absolute Gasteiger partial charge is 0.491 e. The summed E-state index contributed by atoms with van der Waals surface area (Å²) in [7, 11) is 1.63. The zero-order chi connectivity index (χ0) is 22.7. The van der Waals surface area contributed by atoms with Gasteiger partial charge in [-0.3, -0.25) is 0 Å². The number of nitrogens with zero attached hydrogens (tertiary/aromatic N) is 6. The fourth-order valence-electron chi connectivity index (χ4n) is 4.05. The Morgan fingerprint density at radius 3 is 2.81 bits per heavy atom. The van der Waals surface area contributed by atoms with Crippen molar-refractivity contribution in [3.63, 3.8) is 0 Å². The lowest BCUT2D eigenvalue weighted by Crippen LogP contribution is -2.42. The molecule has 0 bridgehead atoms. The summed E-state index contributed by atoms with van der Waals surface area (Å²) >= 11 is 0. The molecule has 11 heteroatoms. The van der Waals surface area contributed by atoms with Crippen LogP contribution in [0.2, 0.25) is 0 Å². The number of piperidine rings is 1. The number of pyridine rings is 1. The Morgan fingerprint density at radius 2 is 2.03 bits per heavy atom. The molecular weight excluding hydrogens is 425 g/mol. The Hall–Kier alpha value is -2.95. The van der Waals surface area contributed by atoms with E-state index in [0.717, 1.165) is 19.2 Å². The lowest BCUT2D eigenvalue weighted by Gasteiger charge is -2.37. The third-order valence-electron chi connectivity index (χ3n) is 5.42. The summed E-state index contributed by atoms with van der Waals surface area (Å²) in [4.78, 5) is 14.8. The number of hydrogen-bond donors (Lipinski definition) is 0. The second-order valence-electron chi connectivity index (χ2n) is 8.07. The second kappa shape index (κ2) is 9.27. The average Bonchev–Trinajstić information content (AvgIpc) is 3.17. The van der Waals surface area contributed by atoms with E-state index in [0.29, 0.717) is 42.6 Å². The van der Waals surface area contributed by atoms with E-state index in [-0.39, 0.29) is 18.3 Å². The quantitative estimate of drug-likeness (QED) is 0.546. The fourth-order valence-corrected chi connectivity index (χ4v) is 4.05. The van der Waals surface area contributed by atoms with Crippen LogP contribution in [0.3, 0.4) is 0 Å². The molecule has 32 heavy (non-hydrogen) atoms. The van der Waals surface area contributed by atoms with Crippen LogP contribution in [-0.4, -0.2) is 58.1 Å². The molecule has 1 fully saturated rings. The zero-order valence-corrected chi connectivity index (χ0v) is 17.9. The highest BCUT2D eigenvalue weighted by Gasteiger charge is 2.36. The van der Waals surface area contributed by atoms with Crippen molar-refractivity contribution < 1.29 is 22.6 Å². The summed E-state index contributed by atoms with van der Waals surface area (Å²) in [6.45, 7) is 4.74. The first kappa shape index (κ1) is 22.3. The molecular formula is C21H25F3N6O2. The van der Waals surface area contributed by atoms with Crippen LogP contribution >= 0.6 is 0 Å². The number of rotatable bonds is 7. The second-order valence-corrected chi connectivity index (χ2v) is 8.07. The van der Waals surface area contributed by atoms with Gasteiger partial charge in [0.15, 0.2) is 11.3 Å². The summed E-state index contributed by atoms with van der Waals surface area (Å²) in [5.41, 5.74) is 0.378. The number of hydrogen-bond acceptors (Lipinski definition) is 7. The van der Waals surface area contributed by atoms with Gasteiger partial charge < -0.3 is 14.4 Å². The Labute approximate surface area is 183 Å². The molecule has 4 rings (SSSR count). The third kappa shape index (κ3) is 4.93. The van der Waals surface area contributed by atoms with Gasteiger partial charge in [-0.25, -0.2) is 19.6 Å². The molecule has 0 N–H and O–H groups in total. The summed E-state index contributed by atoms with van der Waals surface area (Å²) < 4.78 is 52.0. The van der Waals surface area contributed by atoms with E-state index in [4.69, 9.17) is 14.5 Å². The molecule has 172 valence electrons. The van der Waals surface area contributed by atoms with E-state index < -0.39 is 11.9 Å². The molecule has 3 aromatic heterocycles. The zero-order valence-electron chi connectivity index (χ0n) is 17.9. The van der Waals surface area contributed by atoms with Crippen molar-refractivity contribution >= 4 is 17.0 Å². The fraction of sp³-hybridized carbons (Fsp3) is 0.524. The Kier molecular flexibility index (Phi) is 6.45. The summed E-state index contributed by atoms with van der Waals surface area (Å²) in [5.74, 6) is 0.832. The number of alkyl halides is 3. The Morgan fingerprint density at radius 1 is 1.19 bits per heavy atom. The molecule has 4 heterocycles. The Bertz CT molecular complexity index is 1060. The van der Waals surface area contributed by atoms with Crippen LogP contribution in [0.5, 0.6) is 5.75 Å². The molecule has 0 aliphatic carbocycles. The van der Waals surface area contributed by atoms with Gasteiger partial charge in [0.25, 0.3) is 0 Å². The van der Waals surface area contributed by atoms with Gasteiger partial charge in [-0.15, -0.1) is 0 Å². The van der Waals surface area contributed by atoms with Crippen molar-refractivity contribution in [2.45, 2.75) is 26.1 Å². The van der Waals surface area contributed by atoms with E-state index in [1.54, 1.807) is 24.2 Å². The highest BCUT2D eigenvalue weighted by molar-refractivity contribution is 5.71. The lowest BCUT2D eigenvalue weighted by atomic mass is 9.91. The molecule has 0 amide bonds. The summed E-state index contributed by atoms with van der Waals surface area (Å²) in [5, 5.41) is 4.32. The monoisotopic (exact) mass is 450 g/mol. The van der Waals surface area contributed by atoms with Crippen LogP contribution in [0.25, 0.3) is 11.2 Å². The maximum Gasteiger partial charge on any atom is 0.437 e. The van der Waals surface area contributed by atoms with Crippen molar-refractivity contribution in [3.8, 4) is 5.75 Å². The van der Waals surface area contributed by atoms with E-state index in [9.17, 15) is 13.2 Å². The number of halogens is 3. The van der Waals surface area contributed by atoms with Crippen LogP contribution in [0, 0.1) is 11.8 Å². The summed E-state index contributed by atoms with van der Waals surface area (Å²) in [6.07, 6.45) is 0.790. The maximum absolute atomic E-state index is 13.2. The smallest absolute Gasteiger partial charge is 0.437 e. The number of fused-ring (bicyclic) bond motifs is 1. The molecule has 0 spiro atoms. The lowest BCUT2D eigenvalue weighted by molar-refractivity contribution is -0.142. The molecule has 1 aliphatic heterocycles. The van der Waals surface area contributed by atoms with Crippen LogP contribution in [0.1, 0.15) is 19.0 Å². The highest BCUT2D eigenvalue weighted by Crippen LogP contribution is 2.35. The molecule has 1 saturated heterocycles. The van der Waals surface area contributed by atoms with Gasteiger partial charge in [-0.2, -0.15) is 18.3 Å². The van der Waals surface area contributed by atoms with Crippen LogP contribution in [-0.2, 0) is 17.5 Å². The number of methoxy groups -OCH3 is 1. The SMILES string of the molecule is COCCn1ncc2ncc(N3CC(C)CC(COc4cccnc4C(F)(F)F)C3)nc21. The van der Waals surface area contributed by atoms with Crippen molar-refractivity contribution in [2.75, 3.05) is 38.3 Å². The van der Waals surface area contributed by atoms with Gasteiger partial charge in [0.1, 0.15) is 17.1 Å². The average molecular weight is 450 g/mol. The molecule has 0 saturated carbocycles. The number of anilines is 1. The van der Waals surface area contributed by atoms with Crippen LogP contribution < -0.4 is 9.64 Å². The van der Waals surface area contributed by atoms with Gasteiger partial charge in [-0.05, 0) is 24.5 Å². The first-order chi connectivity index (χ1) is 15.3. The van der Waals surface area contributed by atoms with Gasteiger partial charge in [0.2, 0.25) is 0 Å². The van der Waals surface area contributed by atoms with Gasteiger partial charge in [0, 0.05) is 32.3 Å². The van der Waals surface area contributed by atoms with Crippen molar-refractivity contribution in [1.82, 2.24) is 24.7 Å². The van der Waals surface area contributed by atoms with Gasteiger partial charge >= 0.3 is 6.18 Å².